The monoisotopic (exact) mass is 344 g/mol. The third-order valence-corrected chi connectivity index (χ3v) is 3.58. The van der Waals surface area contributed by atoms with Gasteiger partial charge in [-0.1, -0.05) is 31.5 Å². The average molecular weight is 344 g/mol. The number of nitrogens with zero attached hydrogens (tertiary/aromatic N) is 2. The fourth-order valence-corrected chi connectivity index (χ4v) is 2.37. The Hall–Kier alpha value is -2.50. The second kappa shape index (κ2) is 8.05. The molecule has 1 aliphatic rings. The lowest BCUT2D eigenvalue weighted by Gasteiger charge is -2.30. The summed E-state index contributed by atoms with van der Waals surface area (Å²) < 4.78 is 5.89. The van der Waals surface area contributed by atoms with Crippen molar-refractivity contribution in [2.75, 3.05) is 11.6 Å². The minimum Gasteiger partial charge on any atom is -0.478 e. The Kier molecular flexibility index (Phi) is 6.07. The topological polar surface area (TPSA) is 79.9 Å². The van der Waals surface area contributed by atoms with Gasteiger partial charge in [-0.05, 0) is 45.4 Å². The van der Waals surface area contributed by atoms with Crippen LogP contribution < -0.4 is 16.1 Å². The molecule has 0 spiro atoms. The number of benzene rings is 1. The van der Waals surface area contributed by atoms with Crippen LogP contribution in [-0.2, 0) is 9.53 Å². The number of amides is 1. The van der Waals surface area contributed by atoms with Crippen molar-refractivity contribution in [1.82, 2.24) is 5.32 Å². The van der Waals surface area contributed by atoms with Gasteiger partial charge >= 0.3 is 0 Å². The summed E-state index contributed by atoms with van der Waals surface area (Å²) in [5, 5.41) is 9.01. The van der Waals surface area contributed by atoms with Gasteiger partial charge in [0.05, 0.1) is 12.3 Å². The van der Waals surface area contributed by atoms with E-state index in [1.54, 1.807) is 11.1 Å². The molecule has 0 saturated heterocycles. The SMILES string of the molecule is CCCCOC1=CC(C(=O)NC(C)(C)C)C(N)=NN1c1ccccc1. The summed E-state index contributed by atoms with van der Waals surface area (Å²) in [6, 6.07) is 9.61. The fraction of sp³-hybridized carbons (Fsp3) is 0.474. The van der Waals surface area contributed by atoms with Crippen molar-refractivity contribution in [2.45, 2.75) is 46.1 Å². The summed E-state index contributed by atoms with van der Waals surface area (Å²) >= 11 is 0. The minimum atomic E-state index is -0.643. The van der Waals surface area contributed by atoms with Gasteiger partial charge in [-0.15, -0.1) is 0 Å². The number of nitrogens with one attached hydrogen (secondary N) is 1. The van der Waals surface area contributed by atoms with Crippen molar-refractivity contribution in [1.29, 1.82) is 0 Å². The summed E-state index contributed by atoms with van der Waals surface area (Å²) in [7, 11) is 0. The smallest absolute Gasteiger partial charge is 0.235 e. The lowest BCUT2D eigenvalue weighted by Crippen LogP contribution is -2.48. The molecular formula is C19H28N4O2. The number of unbranched alkanes of at least 4 members (excludes halogenated alkanes) is 1. The fourth-order valence-electron chi connectivity index (χ4n) is 2.37. The lowest BCUT2D eigenvalue weighted by molar-refractivity contribution is -0.123. The van der Waals surface area contributed by atoms with E-state index in [1.807, 2.05) is 51.1 Å². The Morgan fingerprint density at radius 1 is 1.32 bits per heavy atom. The van der Waals surface area contributed by atoms with E-state index in [0.29, 0.717) is 12.5 Å². The Morgan fingerprint density at radius 3 is 2.60 bits per heavy atom. The van der Waals surface area contributed by atoms with Gasteiger partial charge < -0.3 is 15.8 Å². The van der Waals surface area contributed by atoms with Gasteiger partial charge in [-0.25, -0.2) is 0 Å². The number of ether oxygens (including phenoxy) is 1. The summed E-state index contributed by atoms with van der Waals surface area (Å²) in [5.41, 5.74) is 6.58. The van der Waals surface area contributed by atoms with Crippen LogP contribution in [0, 0.1) is 5.92 Å². The molecule has 1 aromatic rings. The number of hydrazone groups is 1. The van der Waals surface area contributed by atoms with Crippen LogP contribution in [0.15, 0.2) is 47.4 Å². The maximum Gasteiger partial charge on any atom is 0.235 e. The Morgan fingerprint density at radius 2 is 2.00 bits per heavy atom. The molecule has 0 radical (unpaired) electrons. The first-order valence-electron chi connectivity index (χ1n) is 8.67. The number of rotatable bonds is 6. The summed E-state index contributed by atoms with van der Waals surface area (Å²) in [4.78, 5) is 12.6. The first-order valence-corrected chi connectivity index (χ1v) is 8.67. The average Bonchev–Trinajstić information content (AvgIpc) is 2.55. The molecule has 6 heteroatoms. The van der Waals surface area contributed by atoms with Crippen LogP contribution in [0.1, 0.15) is 40.5 Å². The minimum absolute atomic E-state index is 0.182. The van der Waals surface area contributed by atoms with Gasteiger partial charge in [0.2, 0.25) is 11.8 Å². The standard InChI is InChI=1S/C19H28N4O2/c1-5-6-12-25-16-13-15(18(24)21-19(2,3)4)17(20)22-23(16)14-10-8-7-9-11-14/h7-11,13,15H,5-6,12H2,1-4H3,(H2,20,22)(H,21,24). The molecule has 1 atom stereocenters. The zero-order valence-corrected chi connectivity index (χ0v) is 15.5. The highest BCUT2D eigenvalue weighted by atomic mass is 16.5. The number of carbonyl (C=O) groups excluding carboxylic acids is 1. The number of hydrogen-bond acceptors (Lipinski definition) is 5. The summed E-state index contributed by atoms with van der Waals surface area (Å²) in [6.45, 7) is 8.46. The van der Waals surface area contributed by atoms with E-state index >= 15 is 0 Å². The third kappa shape index (κ3) is 5.24. The van der Waals surface area contributed by atoms with E-state index in [1.165, 1.54) is 0 Å². The quantitative estimate of drug-likeness (QED) is 0.778. The van der Waals surface area contributed by atoms with Gasteiger partial charge in [0.15, 0.2) is 0 Å². The highest BCUT2D eigenvalue weighted by molar-refractivity contribution is 6.05. The van der Waals surface area contributed by atoms with Crippen molar-refractivity contribution >= 4 is 17.4 Å². The maximum atomic E-state index is 12.6. The molecule has 1 heterocycles. The zero-order valence-electron chi connectivity index (χ0n) is 15.5. The largest absolute Gasteiger partial charge is 0.478 e. The molecule has 25 heavy (non-hydrogen) atoms. The second-order valence-corrected chi connectivity index (χ2v) is 7.10. The lowest BCUT2D eigenvalue weighted by atomic mass is 10.0. The van der Waals surface area contributed by atoms with Crippen LogP contribution in [0.5, 0.6) is 0 Å². The molecule has 1 unspecified atom stereocenters. The van der Waals surface area contributed by atoms with E-state index in [2.05, 4.69) is 17.3 Å². The molecule has 0 aliphatic carbocycles. The Balaban J connectivity index is 2.28. The van der Waals surface area contributed by atoms with Crippen molar-refractivity contribution in [3.63, 3.8) is 0 Å². The normalized spacial score (nSPS) is 17.6. The molecule has 6 nitrogen and oxygen atoms in total. The highest BCUT2D eigenvalue weighted by Gasteiger charge is 2.31. The van der Waals surface area contributed by atoms with Crippen molar-refractivity contribution in [3.05, 3.63) is 42.3 Å². The predicted octanol–water partition coefficient (Wildman–Crippen LogP) is 2.97. The number of hydrogen-bond donors (Lipinski definition) is 2. The third-order valence-electron chi connectivity index (χ3n) is 3.58. The molecular weight excluding hydrogens is 316 g/mol. The van der Waals surface area contributed by atoms with Crippen molar-refractivity contribution < 1.29 is 9.53 Å². The number of anilines is 1. The molecule has 1 aliphatic heterocycles. The molecule has 2 rings (SSSR count). The Labute approximate surface area is 149 Å². The van der Waals surface area contributed by atoms with Crippen molar-refractivity contribution in [3.8, 4) is 0 Å². The first kappa shape index (κ1) is 18.8. The molecule has 1 amide bonds. The maximum absolute atomic E-state index is 12.6. The van der Waals surface area contributed by atoms with E-state index in [-0.39, 0.29) is 17.3 Å². The van der Waals surface area contributed by atoms with Crippen LogP contribution in [0.4, 0.5) is 5.69 Å². The van der Waals surface area contributed by atoms with Crippen LogP contribution in [0.2, 0.25) is 0 Å². The molecule has 136 valence electrons. The van der Waals surface area contributed by atoms with Gasteiger partial charge in [0.1, 0.15) is 11.8 Å². The van der Waals surface area contributed by atoms with E-state index < -0.39 is 5.92 Å². The highest BCUT2D eigenvalue weighted by Crippen LogP contribution is 2.26. The summed E-state index contributed by atoms with van der Waals surface area (Å²) in [5.74, 6) is -0.0507. The van der Waals surface area contributed by atoms with E-state index in [4.69, 9.17) is 10.5 Å². The van der Waals surface area contributed by atoms with E-state index in [0.717, 1.165) is 18.5 Å². The van der Waals surface area contributed by atoms with Crippen LogP contribution >= 0.6 is 0 Å². The second-order valence-electron chi connectivity index (χ2n) is 7.10. The Bertz CT molecular complexity index is 647. The van der Waals surface area contributed by atoms with Crippen LogP contribution in [-0.4, -0.2) is 23.9 Å². The van der Waals surface area contributed by atoms with Gasteiger partial charge in [-0.2, -0.15) is 10.1 Å². The first-order chi connectivity index (χ1) is 11.8. The van der Waals surface area contributed by atoms with Gasteiger partial charge in [0, 0.05) is 5.54 Å². The molecule has 1 aromatic carbocycles. The molecule has 0 fully saturated rings. The molecule has 0 aromatic heterocycles. The van der Waals surface area contributed by atoms with Crippen LogP contribution in [0.25, 0.3) is 0 Å². The number of carbonyl (C=O) groups is 1. The van der Waals surface area contributed by atoms with Crippen LogP contribution in [0.3, 0.4) is 0 Å². The van der Waals surface area contributed by atoms with Gasteiger partial charge in [-0.3, -0.25) is 4.79 Å². The predicted molar refractivity (Wildman–Crippen MR) is 101 cm³/mol. The number of nitrogens with two attached hydrogens (primary N) is 1. The molecule has 0 bridgehead atoms. The molecule has 3 N–H and O–H groups in total. The number of amidine groups is 1. The van der Waals surface area contributed by atoms with Crippen molar-refractivity contribution in [2.24, 2.45) is 16.8 Å². The summed E-state index contributed by atoms with van der Waals surface area (Å²) in [6.07, 6.45) is 3.70. The van der Waals surface area contributed by atoms with Gasteiger partial charge in [0.25, 0.3) is 0 Å². The number of para-hydroxylation sites is 1. The molecule has 0 saturated carbocycles. The van der Waals surface area contributed by atoms with E-state index in [9.17, 15) is 4.79 Å². The zero-order chi connectivity index (χ0) is 18.4.